The molecule has 0 aliphatic carbocycles. The maximum Gasteiger partial charge on any atom is 0.307 e. The number of benzene rings is 1. The number of halogens is 2. The average molecular weight is 276 g/mol. The van der Waals surface area contributed by atoms with E-state index < -0.39 is 0 Å². The van der Waals surface area contributed by atoms with Crippen LogP contribution in [0.4, 0.5) is 10.1 Å². The Bertz CT molecular complexity index is 357. The third-order valence-electron chi connectivity index (χ3n) is 1.80. The Morgan fingerprint density at radius 3 is 3.00 bits per heavy atom. The van der Waals surface area contributed by atoms with Gasteiger partial charge in [-0.3, -0.25) is 4.79 Å². The Balaban J connectivity index is 2.50. The topological polar surface area (TPSA) is 38.3 Å². The van der Waals surface area contributed by atoms with Crippen molar-refractivity contribution in [3.05, 3.63) is 28.5 Å². The summed E-state index contributed by atoms with van der Waals surface area (Å²) >= 11 is 3.23. The molecule has 0 aliphatic heterocycles. The highest BCUT2D eigenvalue weighted by molar-refractivity contribution is 9.10. The molecule has 0 bridgehead atoms. The van der Waals surface area contributed by atoms with Crippen molar-refractivity contribution in [2.24, 2.45) is 0 Å². The number of hydrogen-bond donors (Lipinski definition) is 1. The standard InChI is InChI=1S/C10H11BrFNO2/c1-15-10(14)4-5-13-9-6-7(11)2-3-8(9)12/h2-3,6,13H,4-5H2,1H3. The highest BCUT2D eigenvalue weighted by Crippen LogP contribution is 2.19. The van der Waals surface area contributed by atoms with Crippen LogP contribution in [0.3, 0.4) is 0 Å². The molecule has 1 aromatic carbocycles. The van der Waals surface area contributed by atoms with Crippen LogP contribution in [0.1, 0.15) is 6.42 Å². The molecule has 0 radical (unpaired) electrons. The van der Waals surface area contributed by atoms with Crippen molar-refractivity contribution in [3.8, 4) is 0 Å². The number of hydrogen-bond acceptors (Lipinski definition) is 3. The van der Waals surface area contributed by atoms with E-state index in [0.29, 0.717) is 12.2 Å². The van der Waals surface area contributed by atoms with Gasteiger partial charge in [0.2, 0.25) is 0 Å². The molecule has 1 aromatic rings. The zero-order chi connectivity index (χ0) is 11.3. The predicted molar refractivity (Wildman–Crippen MR) is 59.2 cm³/mol. The molecule has 1 rings (SSSR count). The summed E-state index contributed by atoms with van der Waals surface area (Å²) in [6, 6.07) is 4.58. The number of esters is 1. The normalized spacial score (nSPS) is 9.80. The summed E-state index contributed by atoms with van der Waals surface area (Å²) in [5.41, 5.74) is 0.369. The van der Waals surface area contributed by atoms with Gasteiger partial charge in [-0.25, -0.2) is 4.39 Å². The Labute approximate surface area is 95.7 Å². The molecular formula is C10H11BrFNO2. The minimum absolute atomic E-state index is 0.211. The quantitative estimate of drug-likeness (QED) is 0.859. The molecule has 0 saturated heterocycles. The zero-order valence-electron chi connectivity index (χ0n) is 8.22. The highest BCUT2D eigenvalue weighted by atomic mass is 79.9. The van der Waals surface area contributed by atoms with Crippen LogP contribution in [0.2, 0.25) is 0 Å². The van der Waals surface area contributed by atoms with Crippen LogP contribution in [0.5, 0.6) is 0 Å². The lowest BCUT2D eigenvalue weighted by Gasteiger charge is -2.06. The van der Waals surface area contributed by atoms with Crippen molar-refractivity contribution < 1.29 is 13.9 Å². The molecule has 0 unspecified atom stereocenters. The summed E-state index contributed by atoms with van der Waals surface area (Å²) in [4.78, 5) is 10.8. The summed E-state index contributed by atoms with van der Waals surface area (Å²) in [5.74, 6) is -0.666. The first-order chi connectivity index (χ1) is 7.13. The highest BCUT2D eigenvalue weighted by Gasteiger charge is 2.03. The van der Waals surface area contributed by atoms with E-state index in [9.17, 15) is 9.18 Å². The van der Waals surface area contributed by atoms with Gasteiger partial charge in [0.1, 0.15) is 5.82 Å². The van der Waals surface area contributed by atoms with E-state index in [1.165, 1.54) is 13.2 Å². The molecule has 3 nitrogen and oxygen atoms in total. The van der Waals surface area contributed by atoms with Gasteiger partial charge in [-0.05, 0) is 18.2 Å². The van der Waals surface area contributed by atoms with Crippen molar-refractivity contribution in [3.63, 3.8) is 0 Å². The largest absolute Gasteiger partial charge is 0.469 e. The van der Waals surface area contributed by atoms with Gasteiger partial charge in [0.05, 0.1) is 19.2 Å². The lowest BCUT2D eigenvalue weighted by Crippen LogP contribution is -2.10. The van der Waals surface area contributed by atoms with Gasteiger partial charge < -0.3 is 10.1 Å². The fourth-order valence-electron chi connectivity index (χ4n) is 1.03. The molecule has 0 atom stereocenters. The number of carbonyl (C=O) groups is 1. The van der Waals surface area contributed by atoms with Gasteiger partial charge in [-0.15, -0.1) is 0 Å². The molecule has 0 amide bonds. The minimum atomic E-state index is -0.344. The lowest BCUT2D eigenvalue weighted by atomic mass is 10.3. The maximum absolute atomic E-state index is 13.2. The number of ether oxygens (including phenoxy) is 1. The van der Waals surface area contributed by atoms with Gasteiger partial charge in [-0.1, -0.05) is 15.9 Å². The van der Waals surface area contributed by atoms with E-state index in [1.54, 1.807) is 12.1 Å². The Kier molecular flexibility index (Phi) is 4.55. The van der Waals surface area contributed by atoms with Gasteiger partial charge in [0.15, 0.2) is 0 Å². The molecule has 0 saturated carbocycles. The average Bonchev–Trinajstić information content (AvgIpc) is 2.23. The van der Waals surface area contributed by atoms with Crippen LogP contribution < -0.4 is 5.32 Å². The van der Waals surface area contributed by atoms with Crippen molar-refractivity contribution in [2.45, 2.75) is 6.42 Å². The summed E-state index contributed by atoms with van der Waals surface area (Å²) < 4.78 is 18.4. The van der Waals surface area contributed by atoms with Crippen LogP contribution in [0.25, 0.3) is 0 Å². The maximum atomic E-state index is 13.2. The first kappa shape index (κ1) is 12.0. The van der Waals surface area contributed by atoms with Crippen LogP contribution in [-0.4, -0.2) is 19.6 Å². The number of rotatable bonds is 4. The second-order valence-corrected chi connectivity index (χ2v) is 3.79. The van der Waals surface area contributed by atoms with E-state index in [-0.39, 0.29) is 18.2 Å². The fraction of sp³-hybridized carbons (Fsp3) is 0.300. The SMILES string of the molecule is COC(=O)CCNc1cc(Br)ccc1F. The van der Waals surface area contributed by atoms with E-state index in [4.69, 9.17) is 0 Å². The van der Waals surface area contributed by atoms with Crippen molar-refractivity contribution in [1.29, 1.82) is 0 Å². The zero-order valence-corrected chi connectivity index (χ0v) is 9.80. The van der Waals surface area contributed by atoms with E-state index in [1.807, 2.05) is 0 Å². The predicted octanol–water partition coefficient (Wildman–Crippen LogP) is 2.56. The molecule has 0 aliphatic rings. The molecule has 0 fully saturated rings. The lowest BCUT2D eigenvalue weighted by molar-refractivity contribution is -0.140. The molecular weight excluding hydrogens is 265 g/mol. The Morgan fingerprint density at radius 1 is 1.60 bits per heavy atom. The van der Waals surface area contributed by atoms with Gasteiger partial charge in [-0.2, -0.15) is 0 Å². The number of carbonyl (C=O) groups excluding carboxylic acids is 1. The summed E-state index contributed by atoms with van der Waals surface area (Å²) in [6.45, 7) is 0.347. The van der Waals surface area contributed by atoms with Crippen LogP contribution >= 0.6 is 15.9 Å². The van der Waals surface area contributed by atoms with Crippen LogP contribution in [0, 0.1) is 5.82 Å². The third kappa shape index (κ3) is 3.87. The number of methoxy groups -OCH3 is 1. The monoisotopic (exact) mass is 275 g/mol. The Hall–Kier alpha value is -1.10. The van der Waals surface area contributed by atoms with Crippen LogP contribution in [0.15, 0.2) is 22.7 Å². The first-order valence-corrected chi connectivity index (χ1v) is 5.18. The van der Waals surface area contributed by atoms with Crippen molar-refractivity contribution in [1.82, 2.24) is 0 Å². The fourth-order valence-corrected chi connectivity index (χ4v) is 1.40. The van der Waals surface area contributed by atoms with E-state index in [2.05, 4.69) is 26.0 Å². The molecule has 0 aromatic heterocycles. The van der Waals surface area contributed by atoms with E-state index >= 15 is 0 Å². The van der Waals surface area contributed by atoms with Crippen LogP contribution in [-0.2, 0) is 9.53 Å². The molecule has 82 valence electrons. The van der Waals surface area contributed by atoms with Gasteiger partial charge >= 0.3 is 5.97 Å². The van der Waals surface area contributed by atoms with Crippen molar-refractivity contribution >= 4 is 27.6 Å². The second kappa shape index (κ2) is 5.70. The van der Waals surface area contributed by atoms with E-state index in [0.717, 1.165) is 4.47 Å². The number of nitrogens with one attached hydrogen (secondary N) is 1. The Morgan fingerprint density at radius 2 is 2.33 bits per heavy atom. The summed E-state index contributed by atoms with van der Waals surface area (Å²) in [7, 11) is 1.32. The van der Waals surface area contributed by atoms with Crippen molar-refractivity contribution in [2.75, 3.05) is 19.0 Å². The smallest absolute Gasteiger partial charge is 0.307 e. The summed E-state index contributed by atoms with van der Waals surface area (Å²) in [6.07, 6.45) is 0.211. The number of anilines is 1. The molecule has 0 spiro atoms. The first-order valence-electron chi connectivity index (χ1n) is 4.39. The third-order valence-corrected chi connectivity index (χ3v) is 2.29. The molecule has 1 N–H and O–H groups in total. The van der Waals surface area contributed by atoms with Gasteiger partial charge in [0.25, 0.3) is 0 Å². The second-order valence-electron chi connectivity index (χ2n) is 2.88. The molecule has 0 heterocycles. The molecule has 5 heteroatoms. The molecule has 15 heavy (non-hydrogen) atoms. The minimum Gasteiger partial charge on any atom is -0.469 e. The van der Waals surface area contributed by atoms with Gasteiger partial charge in [0, 0.05) is 11.0 Å². The summed E-state index contributed by atoms with van der Waals surface area (Å²) in [5, 5.41) is 2.81.